The van der Waals surface area contributed by atoms with Crippen LogP contribution in [0.25, 0.3) is 0 Å². The lowest BCUT2D eigenvalue weighted by atomic mass is 9.96. The van der Waals surface area contributed by atoms with Crippen LogP contribution in [0.15, 0.2) is 24.3 Å². The van der Waals surface area contributed by atoms with E-state index in [2.05, 4.69) is 4.18 Å². The minimum absolute atomic E-state index is 0.0309. The zero-order valence-corrected chi connectivity index (χ0v) is 19.5. The lowest BCUT2D eigenvalue weighted by Gasteiger charge is -2.24. The molecule has 0 saturated carbocycles. The minimum Gasteiger partial charge on any atom is -0.495 e. The van der Waals surface area contributed by atoms with Crippen LogP contribution < -0.4 is 13.7 Å². The lowest BCUT2D eigenvalue weighted by molar-refractivity contribution is -0.0500. The van der Waals surface area contributed by atoms with Gasteiger partial charge in [-0.3, -0.25) is 0 Å². The summed E-state index contributed by atoms with van der Waals surface area (Å²) >= 11 is 0. The zero-order chi connectivity index (χ0) is 25.4. The monoisotopic (exact) mass is 504 g/mol. The van der Waals surface area contributed by atoms with Crippen molar-refractivity contribution in [2.45, 2.75) is 45.4 Å². The molecule has 3 rings (SSSR count). The number of aliphatic hydroxyl groups is 1. The van der Waals surface area contributed by atoms with E-state index in [0.29, 0.717) is 12.0 Å². The molecule has 0 aliphatic carbocycles. The van der Waals surface area contributed by atoms with Gasteiger partial charge in [0.05, 0.1) is 13.2 Å². The van der Waals surface area contributed by atoms with Crippen molar-refractivity contribution < 1.29 is 49.9 Å². The van der Waals surface area contributed by atoms with E-state index in [1.807, 2.05) is 13.8 Å². The second-order valence-corrected chi connectivity index (χ2v) is 9.66. The summed E-state index contributed by atoms with van der Waals surface area (Å²) in [5, 5.41) is 10.6. The van der Waals surface area contributed by atoms with Gasteiger partial charge in [0.15, 0.2) is 11.5 Å². The van der Waals surface area contributed by atoms with Crippen LogP contribution in [0.2, 0.25) is 0 Å². The highest BCUT2D eigenvalue weighted by Gasteiger charge is 2.49. The van der Waals surface area contributed by atoms with Crippen LogP contribution in [0.5, 0.6) is 23.0 Å². The molecule has 1 aliphatic heterocycles. The fourth-order valence-corrected chi connectivity index (χ4v) is 3.96. The maximum atomic E-state index is 12.9. The lowest BCUT2D eigenvalue weighted by Crippen LogP contribution is -2.28. The quantitative estimate of drug-likeness (QED) is 0.340. The molecule has 34 heavy (non-hydrogen) atoms. The Morgan fingerprint density at radius 1 is 1.21 bits per heavy atom. The molecule has 186 valence electrons. The topological polar surface area (TPSA) is 108 Å². The number of esters is 1. The van der Waals surface area contributed by atoms with E-state index < -0.39 is 40.1 Å². The van der Waals surface area contributed by atoms with Crippen LogP contribution >= 0.6 is 0 Å². The molecule has 1 atom stereocenters. The van der Waals surface area contributed by atoms with Crippen molar-refractivity contribution in [3.05, 3.63) is 46.5 Å². The van der Waals surface area contributed by atoms with Crippen molar-refractivity contribution in [3.8, 4) is 23.0 Å². The molecule has 12 heteroatoms. The highest BCUT2D eigenvalue weighted by molar-refractivity contribution is 7.88. The summed E-state index contributed by atoms with van der Waals surface area (Å²) in [4.78, 5) is 12.8. The molecule has 0 aromatic heterocycles. The molecule has 0 fully saturated rings. The van der Waals surface area contributed by atoms with Crippen molar-refractivity contribution in [2.24, 2.45) is 5.92 Å². The molecular weight excluding hydrogens is 481 g/mol. The highest BCUT2D eigenvalue weighted by Crippen LogP contribution is 2.45. The van der Waals surface area contributed by atoms with E-state index in [1.54, 1.807) is 0 Å². The third kappa shape index (κ3) is 5.07. The fraction of sp³-hybridized carbons (Fsp3) is 0.409. The zero-order valence-electron chi connectivity index (χ0n) is 18.7. The van der Waals surface area contributed by atoms with Gasteiger partial charge in [-0.05, 0) is 49.1 Å². The number of hydrogen-bond acceptors (Lipinski definition) is 8. The minimum atomic E-state index is -6.00. The number of aryl methyl sites for hydroxylation is 1. The smallest absolute Gasteiger partial charge is 0.495 e. The van der Waals surface area contributed by atoms with Crippen molar-refractivity contribution >= 4 is 16.1 Å². The summed E-state index contributed by atoms with van der Waals surface area (Å²) in [5.41, 5.74) is -5.15. The number of ether oxygens (including phenoxy) is 3. The van der Waals surface area contributed by atoms with E-state index in [0.717, 1.165) is 6.07 Å². The molecule has 1 heterocycles. The molecule has 0 amide bonds. The first kappa shape index (κ1) is 25.6. The number of aliphatic hydroxyl groups excluding tert-OH is 1. The first-order chi connectivity index (χ1) is 15.7. The predicted octanol–water partition coefficient (Wildman–Crippen LogP) is 4.77. The van der Waals surface area contributed by atoms with Gasteiger partial charge in [-0.2, -0.15) is 21.6 Å². The molecule has 2 aromatic carbocycles. The normalized spacial score (nSPS) is 14.8. The summed E-state index contributed by atoms with van der Waals surface area (Å²) < 4.78 is 82.8. The van der Waals surface area contributed by atoms with Crippen LogP contribution in [0.3, 0.4) is 0 Å². The molecular formula is C22H23F3O8S. The van der Waals surface area contributed by atoms with Crippen molar-refractivity contribution in [3.63, 3.8) is 0 Å². The van der Waals surface area contributed by atoms with Gasteiger partial charge in [-0.25, -0.2) is 4.79 Å². The van der Waals surface area contributed by atoms with E-state index in [9.17, 15) is 31.5 Å². The third-order valence-corrected chi connectivity index (χ3v) is 5.91. The average Bonchev–Trinajstić information content (AvgIpc) is 2.70. The molecule has 0 spiro atoms. The van der Waals surface area contributed by atoms with Gasteiger partial charge in [-0.1, -0.05) is 13.8 Å². The molecule has 0 bridgehead atoms. The van der Waals surface area contributed by atoms with Crippen molar-refractivity contribution in [1.29, 1.82) is 0 Å². The Morgan fingerprint density at radius 2 is 1.88 bits per heavy atom. The van der Waals surface area contributed by atoms with Crippen molar-refractivity contribution in [2.75, 3.05) is 7.11 Å². The van der Waals surface area contributed by atoms with Crippen LogP contribution in [-0.2, 0) is 21.5 Å². The van der Waals surface area contributed by atoms with Crippen molar-refractivity contribution in [1.82, 2.24) is 0 Å². The maximum Gasteiger partial charge on any atom is 0.534 e. The Balaban J connectivity index is 2.16. The highest BCUT2D eigenvalue weighted by atomic mass is 32.2. The van der Waals surface area contributed by atoms with Gasteiger partial charge in [0.1, 0.15) is 23.7 Å². The summed E-state index contributed by atoms with van der Waals surface area (Å²) in [7, 11) is -4.73. The molecule has 1 aliphatic rings. The Hall–Kier alpha value is -2.99. The second kappa shape index (κ2) is 9.34. The number of halogens is 3. The largest absolute Gasteiger partial charge is 0.534 e. The van der Waals surface area contributed by atoms with Crippen LogP contribution in [0, 0.1) is 12.8 Å². The van der Waals surface area contributed by atoms with Gasteiger partial charge in [0.2, 0.25) is 0 Å². The third-order valence-electron chi connectivity index (χ3n) is 4.94. The predicted molar refractivity (Wildman–Crippen MR) is 113 cm³/mol. The second-order valence-electron chi connectivity index (χ2n) is 8.12. The summed E-state index contributed by atoms with van der Waals surface area (Å²) in [6.45, 7) is 4.85. The number of benzene rings is 2. The Bertz CT molecular complexity index is 1210. The molecule has 8 nitrogen and oxygen atoms in total. The number of fused-ring (bicyclic) bond motifs is 2. The number of methoxy groups -OCH3 is 1. The Morgan fingerprint density at radius 3 is 2.47 bits per heavy atom. The van der Waals surface area contributed by atoms with E-state index >= 15 is 0 Å². The number of carbonyl (C=O) groups excluding carboxylic acids is 1. The van der Waals surface area contributed by atoms with E-state index in [1.165, 1.54) is 32.2 Å². The van der Waals surface area contributed by atoms with Crippen LogP contribution in [0.4, 0.5) is 13.2 Å². The van der Waals surface area contributed by atoms with Crippen LogP contribution in [0.1, 0.15) is 53.4 Å². The standard InChI is InChI=1S/C22H23F3O8S/c1-11(2)7-15(26)14-5-6-16-18(20(14)30-4)21(27)31-10-13-8-12(3)9-17(19(13)32-16)33-34(28,29)22(23,24)25/h5-6,8-9,11,15,26H,7,10H2,1-4H3. The number of hydrogen-bond donors (Lipinski definition) is 1. The molecule has 0 radical (unpaired) electrons. The number of rotatable bonds is 6. The Labute approximate surface area is 194 Å². The van der Waals surface area contributed by atoms with Gasteiger partial charge in [0.25, 0.3) is 0 Å². The maximum absolute atomic E-state index is 12.9. The van der Waals surface area contributed by atoms with Crippen LogP contribution in [-0.4, -0.2) is 32.1 Å². The van der Waals surface area contributed by atoms with Gasteiger partial charge < -0.3 is 23.5 Å². The average molecular weight is 504 g/mol. The Kier molecular flexibility index (Phi) is 7.04. The summed E-state index contributed by atoms with van der Waals surface area (Å²) in [6, 6.07) is 5.28. The molecule has 2 aromatic rings. The SMILES string of the molecule is COc1c(C(O)CC(C)C)ccc2c1C(=O)OCc1cc(C)cc(OS(=O)(=O)C(F)(F)F)c1O2. The molecule has 0 saturated heterocycles. The summed E-state index contributed by atoms with van der Waals surface area (Å²) in [5.74, 6) is -2.04. The van der Waals surface area contributed by atoms with Gasteiger partial charge >= 0.3 is 21.6 Å². The first-order valence-electron chi connectivity index (χ1n) is 10.1. The summed E-state index contributed by atoms with van der Waals surface area (Å²) in [6.07, 6.45) is -0.621. The van der Waals surface area contributed by atoms with E-state index in [-0.39, 0.29) is 39.9 Å². The molecule has 1 N–H and O–H groups in total. The van der Waals surface area contributed by atoms with Gasteiger partial charge in [-0.15, -0.1) is 0 Å². The number of alkyl halides is 3. The first-order valence-corrected chi connectivity index (χ1v) is 11.5. The fourth-order valence-electron chi connectivity index (χ4n) is 3.50. The van der Waals surface area contributed by atoms with Gasteiger partial charge in [0, 0.05) is 11.1 Å². The number of cyclic esters (lactones) is 1. The number of carbonyl (C=O) groups is 1. The molecule has 1 unspecified atom stereocenters. The van der Waals surface area contributed by atoms with E-state index in [4.69, 9.17) is 14.2 Å².